The van der Waals surface area contributed by atoms with E-state index in [0.29, 0.717) is 13.0 Å². The van der Waals surface area contributed by atoms with Gasteiger partial charge in [-0.05, 0) is 12.8 Å². The van der Waals surface area contributed by atoms with Crippen LogP contribution in [0.25, 0.3) is 0 Å². The van der Waals surface area contributed by atoms with Crippen molar-refractivity contribution in [3.63, 3.8) is 0 Å². The fraction of sp³-hybridized carbons (Fsp3) is 0.875. The van der Waals surface area contributed by atoms with Crippen molar-refractivity contribution in [2.75, 3.05) is 6.61 Å². The lowest BCUT2D eigenvalue weighted by Crippen LogP contribution is -2.32. The summed E-state index contributed by atoms with van der Waals surface area (Å²) in [5, 5.41) is 0. The summed E-state index contributed by atoms with van der Waals surface area (Å²) in [5.74, 6) is -0.270. The Morgan fingerprint density at radius 3 is 2.55 bits per heavy atom. The van der Waals surface area contributed by atoms with E-state index < -0.39 is 6.04 Å². The van der Waals surface area contributed by atoms with Gasteiger partial charge >= 0.3 is 5.97 Å². The van der Waals surface area contributed by atoms with E-state index in [4.69, 9.17) is 10.5 Å². The number of carbonyl (C=O) groups excluding carboxylic acids is 1. The largest absolute Gasteiger partial charge is 0.465 e. The number of rotatable bonds is 5. The highest BCUT2D eigenvalue weighted by Gasteiger charge is 2.12. The minimum Gasteiger partial charge on any atom is -0.465 e. The monoisotopic (exact) mass is 159 g/mol. The Labute approximate surface area is 67.9 Å². The molecule has 0 saturated heterocycles. The Hall–Kier alpha value is -0.570. The van der Waals surface area contributed by atoms with Crippen LogP contribution in [0.1, 0.15) is 33.1 Å². The molecular weight excluding hydrogens is 142 g/mol. The maximum absolute atomic E-state index is 10.9. The van der Waals surface area contributed by atoms with Gasteiger partial charge in [0.15, 0.2) is 0 Å². The summed E-state index contributed by atoms with van der Waals surface area (Å²) in [6.07, 6.45) is 2.48. The molecule has 0 saturated carbocycles. The molecule has 0 aliphatic carbocycles. The molecule has 0 aliphatic rings. The molecule has 0 rings (SSSR count). The fourth-order valence-electron chi connectivity index (χ4n) is 0.739. The van der Waals surface area contributed by atoms with E-state index >= 15 is 0 Å². The van der Waals surface area contributed by atoms with Crippen molar-refractivity contribution in [2.45, 2.75) is 39.2 Å². The molecule has 66 valence electrons. The topological polar surface area (TPSA) is 52.3 Å². The molecule has 0 fully saturated rings. The van der Waals surface area contributed by atoms with E-state index in [-0.39, 0.29) is 5.97 Å². The number of ether oxygens (including phenoxy) is 1. The van der Waals surface area contributed by atoms with Crippen molar-refractivity contribution in [3.8, 4) is 0 Å². The Bertz CT molecular complexity index is 115. The van der Waals surface area contributed by atoms with Gasteiger partial charge in [0.1, 0.15) is 6.04 Å². The van der Waals surface area contributed by atoms with Gasteiger partial charge in [-0.1, -0.05) is 20.3 Å². The van der Waals surface area contributed by atoms with Gasteiger partial charge in [-0.15, -0.1) is 0 Å². The lowest BCUT2D eigenvalue weighted by Gasteiger charge is -2.08. The van der Waals surface area contributed by atoms with Crippen LogP contribution < -0.4 is 5.73 Å². The quantitative estimate of drug-likeness (QED) is 0.610. The lowest BCUT2D eigenvalue weighted by atomic mass is 10.2. The van der Waals surface area contributed by atoms with Gasteiger partial charge in [-0.3, -0.25) is 4.79 Å². The second-order valence-electron chi connectivity index (χ2n) is 2.56. The van der Waals surface area contributed by atoms with Crippen LogP contribution in [0.2, 0.25) is 0 Å². The van der Waals surface area contributed by atoms with E-state index in [1.165, 1.54) is 0 Å². The minimum absolute atomic E-state index is 0.270. The van der Waals surface area contributed by atoms with Crippen molar-refractivity contribution in [1.29, 1.82) is 0 Å². The first kappa shape index (κ1) is 10.4. The van der Waals surface area contributed by atoms with Crippen molar-refractivity contribution >= 4 is 5.97 Å². The molecule has 0 spiro atoms. The summed E-state index contributed by atoms with van der Waals surface area (Å²) in [5.41, 5.74) is 5.49. The minimum atomic E-state index is -0.424. The summed E-state index contributed by atoms with van der Waals surface area (Å²) in [7, 11) is 0. The molecule has 3 nitrogen and oxygen atoms in total. The summed E-state index contributed by atoms with van der Waals surface area (Å²) < 4.78 is 4.84. The van der Waals surface area contributed by atoms with Crippen LogP contribution in [0, 0.1) is 0 Å². The van der Waals surface area contributed by atoms with Gasteiger partial charge in [0.05, 0.1) is 6.61 Å². The van der Waals surface area contributed by atoms with Crippen LogP contribution in [0.5, 0.6) is 0 Å². The number of esters is 1. The van der Waals surface area contributed by atoms with Crippen LogP contribution in [0.3, 0.4) is 0 Å². The smallest absolute Gasteiger partial charge is 0.322 e. The Kier molecular flexibility index (Phi) is 5.84. The number of carbonyl (C=O) groups is 1. The third-order valence-electron chi connectivity index (χ3n) is 1.35. The molecule has 2 N–H and O–H groups in total. The number of hydrogen-bond acceptors (Lipinski definition) is 3. The SMILES string of the molecule is CCCOC(=O)[C@@H](N)CCC. The van der Waals surface area contributed by atoms with Crippen LogP contribution in [0.4, 0.5) is 0 Å². The molecule has 0 amide bonds. The number of hydrogen-bond donors (Lipinski definition) is 1. The Balaban J connectivity index is 3.47. The van der Waals surface area contributed by atoms with E-state index in [0.717, 1.165) is 12.8 Å². The van der Waals surface area contributed by atoms with E-state index in [1.54, 1.807) is 0 Å². The summed E-state index contributed by atoms with van der Waals surface area (Å²) in [6, 6.07) is -0.424. The zero-order valence-corrected chi connectivity index (χ0v) is 7.30. The first-order chi connectivity index (χ1) is 5.22. The summed E-state index contributed by atoms with van der Waals surface area (Å²) >= 11 is 0. The van der Waals surface area contributed by atoms with Gasteiger partial charge < -0.3 is 10.5 Å². The molecule has 0 heterocycles. The molecule has 0 unspecified atom stereocenters. The summed E-state index contributed by atoms with van der Waals surface area (Å²) in [6.45, 7) is 4.43. The Morgan fingerprint density at radius 1 is 1.45 bits per heavy atom. The highest BCUT2D eigenvalue weighted by Crippen LogP contribution is 1.96. The second-order valence-corrected chi connectivity index (χ2v) is 2.56. The van der Waals surface area contributed by atoms with Crippen molar-refractivity contribution in [3.05, 3.63) is 0 Å². The third-order valence-corrected chi connectivity index (χ3v) is 1.35. The van der Waals surface area contributed by atoms with Crippen LogP contribution in [-0.4, -0.2) is 18.6 Å². The van der Waals surface area contributed by atoms with Crippen LogP contribution in [-0.2, 0) is 9.53 Å². The Morgan fingerprint density at radius 2 is 2.09 bits per heavy atom. The molecule has 0 aromatic heterocycles. The van der Waals surface area contributed by atoms with E-state index in [2.05, 4.69) is 0 Å². The predicted octanol–water partition coefficient (Wildman–Crippen LogP) is 1.07. The van der Waals surface area contributed by atoms with Crippen LogP contribution >= 0.6 is 0 Å². The molecular formula is C8H17NO2. The highest BCUT2D eigenvalue weighted by atomic mass is 16.5. The third kappa shape index (κ3) is 4.79. The van der Waals surface area contributed by atoms with Crippen LogP contribution in [0.15, 0.2) is 0 Å². The lowest BCUT2D eigenvalue weighted by molar-refractivity contribution is -0.145. The fourth-order valence-corrected chi connectivity index (χ4v) is 0.739. The first-order valence-electron chi connectivity index (χ1n) is 4.14. The number of nitrogens with two attached hydrogens (primary N) is 1. The average molecular weight is 159 g/mol. The molecule has 0 aliphatic heterocycles. The molecule has 3 heteroatoms. The van der Waals surface area contributed by atoms with E-state index in [9.17, 15) is 4.79 Å². The average Bonchev–Trinajstić information content (AvgIpc) is 2.00. The maximum atomic E-state index is 10.9. The molecule has 11 heavy (non-hydrogen) atoms. The van der Waals surface area contributed by atoms with Crippen molar-refractivity contribution < 1.29 is 9.53 Å². The molecule has 0 aromatic rings. The molecule has 1 atom stereocenters. The first-order valence-corrected chi connectivity index (χ1v) is 4.14. The zero-order chi connectivity index (χ0) is 8.69. The predicted molar refractivity (Wildman–Crippen MR) is 44.1 cm³/mol. The van der Waals surface area contributed by atoms with E-state index in [1.807, 2.05) is 13.8 Å². The van der Waals surface area contributed by atoms with Gasteiger partial charge in [0.25, 0.3) is 0 Å². The molecule has 0 bridgehead atoms. The maximum Gasteiger partial charge on any atom is 0.322 e. The molecule has 0 aromatic carbocycles. The highest BCUT2D eigenvalue weighted by molar-refractivity contribution is 5.75. The zero-order valence-electron chi connectivity index (χ0n) is 7.30. The second kappa shape index (κ2) is 6.16. The van der Waals surface area contributed by atoms with Gasteiger partial charge in [-0.25, -0.2) is 0 Å². The molecule has 0 radical (unpaired) electrons. The summed E-state index contributed by atoms with van der Waals surface area (Å²) in [4.78, 5) is 10.9. The van der Waals surface area contributed by atoms with Crippen molar-refractivity contribution in [1.82, 2.24) is 0 Å². The normalized spacial score (nSPS) is 12.6. The standard InChI is InChI=1S/C8H17NO2/c1-3-5-7(9)8(10)11-6-4-2/h7H,3-6,9H2,1-2H3/t7-/m0/s1. The van der Waals surface area contributed by atoms with Gasteiger partial charge in [-0.2, -0.15) is 0 Å². The van der Waals surface area contributed by atoms with Crippen molar-refractivity contribution in [2.24, 2.45) is 5.73 Å². The van der Waals surface area contributed by atoms with Gasteiger partial charge in [0, 0.05) is 0 Å². The van der Waals surface area contributed by atoms with Gasteiger partial charge in [0.2, 0.25) is 0 Å².